The standard InChI is InChI=1S/C30H34N2O6/c1-6-35-28(33)26(16-27-24-12-7-20(17-31)15-25(24)19(2)36-27)21-8-10-22(11-9-21)37-23-13-14-32(18-23)29(34)38-30(3,4)5/h7-12,15,23,26H,6,13-14,16,18H2,1-5H3/t23-,26?/m0/s1. The molecule has 1 amide bonds. The van der Waals surface area contributed by atoms with Gasteiger partial charge in [0.05, 0.1) is 30.7 Å². The molecule has 1 aromatic heterocycles. The molecule has 0 aliphatic carbocycles. The van der Waals surface area contributed by atoms with Gasteiger partial charge in [0.1, 0.15) is 29.0 Å². The molecule has 3 aromatic rings. The van der Waals surface area contributed by atoms with Crippen molar-refractivity contribution in [3.8, 4) is 11.8 Å². The van der Waals surface area contributed by atoms with Crippen molar-refractivity contribution < 1.29 is 28.2 Å². The molecule has 1 saturated heterocycles. The molecule has 8 nitrogen and oxygen atoms in total. The zero-order chi connectivity index (χ0) is 27.4. The molecule has 1 unspecified atom stereocenters. The van der Waals surface area contributed by atoms with Crippen LogP contribution < -0.4 is 4.74 Å². The van der Waals surface area contributed by atoms with Crippen LogP contribution in [-0.4, -0.2) is 48.4 Å². The number of furan rings is 1. The van der Waals surface area contributed by atoms with Crippen LogP contribution in [0.4, 0.5) is 4.79 Å². The average molecular weight is 519 g/mol. The molecule has 2 heterocycles. The summed E-state index contributed by atoms with van der Waals surface area (Å²) in [4.78, 5) is 27.0. The maximum atomic E-state index is 13.0. The maximum Gasteiger partial charge on any atom is 0.410 e. The normalized spacial score (nSPS) is 16.2. The average Bonchev–Trinajstić information content (AvgIpc) is 3.46. The van der Waals surface area contributed by atoms with Crippen LogP contribution in [0.2, 0.25) is 0 Å². The molecule has 1 fully saturated rings. The lowest BCUT2D eigenvalue weighted by molar-refractivity contribution is -0.145. The lowest BCUT2D eigenvalue weighted by Crippen LogP contribution is -2.36. The van der Waals surface area contributed by atoms with Crippen molar-refractivity contribution in [1.82, 2.24) is 4.90 Å². The fraction of sp³-hybridized carbons (Fsp3) is 0.433. The van der Waals surface area contributed by atoms with Gasteiger partial charge in [0.15, 0.2) is 0 Å². The predicted molar refractivity (Wildman–Crippen MR) is 142 cm³/mol. The van der Waals surface area contributed by atoms with E-state index in [2.05, 4.69) is 6.07 Å². The number of hydrogen-bond donors (Lipinski definition) is 0. The van der Waals surface area contributed by atoms with E-state index >= 15 is 0 Å². The quantitative estimate of drug-likeness (QED) is 0.359. The first-order valence-corrected chi connectivity index (χ1v) is 12.9. The second-order valence-corrected chi connectivity index (χ2v) is 10.5. The molecular formula is C30H34N2O6. The Balaban J connectivity index is 1.48. The van der Waals surface area contributed by atoms with Crippen LogP contribution in [0.3, 0.4) is 0 Å². The third-order valence-electron chi connectivity index (χ3n) is 6.45. The van der Waals surface area contributed by atoms with Gasteiger partial charge in [-0.15, -0.1) is 0 Å². The second-order valence-electron chi connectivity index (χ2n) is 10.5. The summed E-state index contributed by atoms with van der Waals surface area (Å²) in [6.45, 7) is 10.5. The molecule has 0 radical (unpaired) electrons. The van der Waals surface area contributed by atoms with E-state index in [0.717, 1.165) is 16.3 Å². The van der Waals surface area contributed by atoms with Gasteiger partial charge in [-0.3, -0.25) is 4.79 Å². The monoisotopic (exact) mass is 518 g/mol. The van der Waals surface area contributed by atoms with Crippen molar-refractivity contribution >= 4 is 22.8 Å². The Morgan fingerprint density at radius 1 is 1.16 bits per heavy atom. The summed E-state index contributed by atoms with van der Waals surface area (Å²) < 4.78 is 23.0. The SMILES string of the molecule is CCOC(=O)C(Cc1oc(C)c2cc(C#N)ccc12)c1ccc(O[C@H]2CCN(C(=O)OC(C)(C)C)C2)cc1. The number of carbonyl (C=O) groups excluding carboxylic acids is 2. The largest absolute Gasteiger partial charge is 0.489 e. The van der Waals surface area contributed by atoms with Crippen molar-refractivity contribution in [2.24, 2.45) is 0 Å². The highest BCUT2D eigenvalue weighted by molar-refractivity contribution is 5.89. The number of rotatable bonds is 7. The van der Waals surface area contributed by atoms with E-state index in [1.807, 2.05) is 58.0 Å². The first-order valence-electron chi connectivity index (χ1n) is 12.9. The number of likely N-dealkylation sites (tertiary alicyclic amines) is 1. The van der Waals surface area contributed by atoms with Gasteiger partial charge in [0, 0.05) is 30.2 Å². The van der Waals surface area contributed by atoms with Crippen LogP contribution >= 0.6 is 0 Å². The Bertz CT molecular complexity index is 1350. The van der Waals surface area contributed by atoms with Crippen molar-refractivity contribution in [1.29, 1.82) is 5.26 Å². The molecule has 2 aromatic carbocycles. The number of hydrogen-bond acceptors (Lipinski definition) is 7. The highest BCUT2D eigenvalue weighted by atomic mass is 16.6. The summed E-state index contributed by atoms with van der Waals surface area (Å²) in [7, 11) is 0. The fourth-order valence-electron chi connectivity index (χ4n) is 4.65. The van der Waals surface area contributed by atoms with E-state index in [4.69, 9.17) is 18.6 Å². The summed E-state index contributed by atoms with van der Waals surface area (Å²) in [6, 6.07) is 15.0. The molecule has 0 N–H and O–H groups in total. The van der Waals surface area contributed by atoms with Crippen LogP contribution in [-0.2, 0) is 20.7 Å². The Morgan fingerprint density at radius 3 is 2.55 bits per heavy atom. The van der Waals surface area contributed by atoms with Crippen molar-refractivity contribution in [2.75, 3.05) is 19.7 Å². The van der Waals surface area contributed by atoms with Gasteiger partial charge in [-0.25, -0.2) is 4.79 Å². The van der Waals surface area contributed by atoms with E-state index in [-0.39, 0.29) is 24.8 Å². The van der Waals surface area contributed by atoms with Crippen molar-refractivity contribution in [2.45, 2.75) is 65.1 Å². The summed E-state index contributed by atoms with van der Waals surface area (Å²) in [5.41, 5.74) is 0.803. The van der Waals surface area contributed by atoms with E-state index in [9.17, 15) is 14.9 Å². The minimum atomic E-state index is -0.567. The van der Waals surface area contributed by atoms with Gasteiger partial charge in [-0.1, -0.05) is 12.1 Å². The van der Waals surface area contributed by atoms with E-state index < -0.39 is 11.5 Å². The van der Waals surface area contributed by atoms with Gasteiger partial charge in [0.2, 0.25) is 0 Å². The summed E-state index contributed by atoms with van der Waals surface area (Å²) in [5.74, 6) is 1.14. The number of esters is 1. The molecule has 200 valence electrons. The van der Waals surface area contributed by atoms with Gasteiger partial charge >= 0.3 is 12.1 Å². The Hall–Kier alpha value is -3.99. The third-order valence-corrected chi connectivity index (χ3v) is 6.45. The van der Waals surface area contributed by atoms with Crippen LogP contribution in [0, 0.1) is 18.3 Å². The Labute approximate surface area is 223 Å². The molecule has 8 heteroatoms. The molecule has 1 aliphatic heterocycles. The highest BCUT2D eigenvalue weighted by Crippen LogP contribution is 2.32. The first-order chi connectivity index (χ1) is 18.1. The van der Waals surface area contributed by atoms with Crippen LogP contribution in [0.25, 0.3) is 10.8 Å². The highest BCUT2D eigenvalue weighted by Gasteiger charge is 2.31. The van der Waals surface area contributed by atoms with Crippen molar-refractivity contribution in [3.05, 3.63) is 65.1 Å². The van der Waals surface area contributed by atoms with Gasteiger partial charge < -0.3 is 23.5 Å². The Morgan fingerprint density at radius 2 is 1.89 bits per heavy atom. The van der Waals surface area contributed by atoms with Gasteiger partial charge in [-0.05, 0) is 70.5 Å². The molecule has 38 heavy (non-hydrogen) atoms. The smallest absolute Gasteiger partial charge is 0.410 e. The zero-order valence-electron chi connectivity index (χ0n) is 22.6. The molecule has 4 rings (SSSR count). The van der Waals surface area contributed by atoms with Gasteiger partial charge in [0.25, 0.3) is 0 Å². The number of amides is 1. The number of benzene rings is 2. The van der Waals surface area contributed by atoms with E-state index in [1.165, 1.54) is 0 Å². The number of nitrogens with zero attached hydrogens (tertiary/aromatic N) is 2. The minimum Gasteiger partial charge on any atom is -0.489 e. The number of fused-ring (bicyclic) bond motifs is 1. The zero-order valence-corrected chi connectivity index (χ0v) is 22.6. The maximum absolute atomic E-state index is 13.0. The number of carbonyl (C=O) groups is 2. The fourth-order valence-corrected chi connectivity index (χ4v) is 4.65. The Kier molecular flexibility index (Phi) is 7.96. The molecule has 2 atom stereocenters. The van der Waals surface area contributed by atoms with Crippen LogP contribution in [0.1, 0.15) is 62.7 Å². The van der Waals surface area contributed by atoms with Crippen molar-refractivity contribution in [3.63, 3.8) is 0 Å². The molecule has 1 aliphatic rings. The van der Waals surface area contributed by atoms with E-state index in [1.54, 1.807) is 24.0 Å². The second kappa shape index (κ2) is 11.2. The van der Waals surface area contributed by atoms with Crippen LogP contribution in [0.5, 0.6) is 5.75 Å². The first kappa shape index (κ1) is 27.1. The number of ether oxygens (including phenoxy) is 3. The summed E-state index contributed by atoms with van der Waals surface area (Å²) in [5, 5.41) is 11.0. The topological polar surface area (TPSA) is 102 Å². The van der Waals surface area contributed by atoms with E-state index in [0.29, 0.717) is 48.8 Å². The summed E-state index contributed by atoms with van der Waals surface area (Å²) in [6.07, 6.45) is 0.568. The van der Waals surface area contributed by atoms with Crippen LogP contribution in [0.15, 0.2) is 46.9 Å². The molecule has 0 bridgehead atoms. The summed E-state index contributed by atoms with van der Waals surface area (Å²) >= 11 is 0. The third kappa shape index (κ3) is 6.28. The predicted octanol–water partition coefficient (Wildman–Crippen LogP) is 5.89. The number of nitriles is 1. The lowest BCUT2D eigenvalue weighted by Gasteiger charge is -2.24. The van der Waals surface area contributed by atoms with Gasteiger partial charge in [-0.2, -0.15) is 5.26 Å². The minimum absolute atomic E-state index is 0.134. The molecular weight excluding hydrogens is 484 g/mol. The molecule has 0 spiro atoms. The lowest BCUT2D eigenvalue weighted by atomic mass is 9.93. The molecule has 0 saturated carbocycles. The number of aryl methyl sites for hydroxylation is 1.